The average Bonchev–Trinajstić information content (AvgIpc) is 3.16. The topological polar surface area (TPSA) is 112 Å². The van der Waals surface area contributed by atoms with E-state index in [1.807, 2.05) is 30.3 Å². The van der Waals surface area contributed by atoms with Crippen molar-refractivity contribution in [3.05, 3.63) is 112 Å². The average molecular weight is 459 g/mol. The molecule has 10 heteroatoms. The molecule has 3 aromatic carbocycles. The van der Waals surface area contributed by atoms with E-state index in [4.69, 9.17) is 4.74 Å². The number of hydrazone groups is 1. The highest BCUT2D eigenvalue weighted by molar-refractivity contribution is 5.95. The third-order valence-corrected chi connectivity index (χ3v) is 4.79. The summed E-state index contributed by atoms with van der Waals surface area (Å²) < 4.78 is 20.9. The first-order valence-corrected chi connectivity index (χ1v) is 10.1. The second-order valence-electron chi connectivity index (χ2n) is 7.11. The van der Waals surface area contributed by atoms with E-state index in [1.54, 1.807) is 11.6 Å². The molecular weight excluding hydrogens is 441 g/mol. The van der Waals surface area contributed by atoms with Crippen LogP contribution in [0.3, 0.4) is 0 Å². The van der Waals surface area contributed by atoms with Crippen molar-refractivity contribution in [3.63, 3.8) is 0 Å². The van der Waals surface area contributed by atoms with Crippen LogP contribution in [0, 0.1) is 22.9 Å². The Labute approximate surface area is 193 Å². The minimum absolute atomic E-state index is 0.119. The number of nitrogens with one attached hydrogen (secondary N) is 1. The Morgan fingerprint density at radius 3 is 2.41 bits per heavy atom. The van der Waals surface area contributed by atoms with E-state index in [0.29, 0.717) is 22.9 Å². The van der Waals surface area contributed by atoms with Gasteiger partial charge in [0.1, 0.15) is 11.6 Å². The molecule has 0 spiro atoms. The summed E-state index contributed by atoms with van der Waals surface area (Å²) in [5.41, 5.74) is 4.29. The largest absolute Gasteiger partial charge is 0.438 e. The lowest BCUT2D eigenvalue weighted by atomic mass is 10.2. The number of carbonyl (C=O) groups excluding carboxylic acids is 1. The molecule has 0 aliphatic carbocycles. The van der Waals surface area contributed by atoms with Crippen molar-refractivity contribution < 1.29 is 18.8 Å². The Morgan fingerprint density at radius 2 is 1.76 bits per heavy atom. The van der Waals surface area contributed by atoms with Gasteiger partial charge in [0, 0.05) is 17.7 Å². The van der Waals surface area contributed by atoms with E-state index in [0.717, 1.165) is 5.69 Å². The van der Waals surface area contributed by atoms with Crippen LogP contribution in [0.2, 0.25) is 0 Å². The normalized spacial score (nSPS) is 10.9. The number of non-ortho nitro benzene ring substituents is 1. The number of rotatable bonds is 7. The summed E-state index contributed by atoms with van der Waals surface area (Å²) in [6.45, 7) is 1.76. The minimum atomic E-state index is -0.546. The molecule has 0 aliphatic rings. The standard InChI is InChI=1S/C24H18FN5O4/c1-16-22(15-26-27-23(31)17-7-11-20(12-8-17)30(32)33)24(34-21-13-9-18(25)10-14-21)29(28-16)19-5-3-2-4-6-19/h2-15H,1H3,(H,27,31). The summed E-state index contributed by atoms with van der Waals surface area (Å²) in [7, 11) is 0. The second kappa shape index (κ2) is 9.74. The molecule has 0 radical (unpaired) electrons. The number of aryl methyl sites for hydroxylation is 1. The van der Waals surface area contributed by atoms with Gasteiger partial charge in [-0.2, -0.15) is 14.9 Å². The Bertz CT molecular complexity index is 1350. The number of carbonyl (C=O) groups is 1. The van der Waals surface area contributed by atoms with Crippen LogP contribution in [0.5, 0.6) is 11.6 Å². The highest BCUT2D eigenvalue weighted by Gasteiger charge is 2.18. The zero-order valence-electron chi connectivity index (χ0n) is 17.9. The smallest absolute Gasteiger partial charge is 0.271 e. The molecule has 0 fully saturated rings. The molecule has 1 aromatic heterocycles. The molecule has 0 unspecified atom stereocenters. The van der Waals surface area contributed by atoms with Crippen LogP contribution in [0.4, 0.5) is 10.1 Å². The zero-order valence-corrected chi connectivity index (χ0v) is 17.9. The van der Waals surface area contributed by atoms with Crippen LogP contribution in [0.15, 0.2) is 84.0 Å². The first kappa shape index (κ1) is 22.3. The van der Waals surface area contributed by atoms with Gasteiger partial charge in [-0.25, -0.2) is 9.82 Å². The Kier molecular flexibility index (Phi) is 6.40. The number of nitrogens with zero attached hydrogens (tertiary/aromatic N) is 4. The van der Waals surface area contributed by atoms with Gasteiger partial charge in [0.15, 0.2) is 0 Å². The maximum Gasteiger partial charge on any atom is 0.271 e. The highest BCUT2D eigenvalue weighted by Crippen LogP contribution is 2.29. The summed E-state index contributed by atoms with van der Waals surface area (Å²) in [4.78, 5) is 22.6. The first-order chi connectivity index (χ1) is 16.4. The fourth-order valence-corrected chi connectivity index (χ4v) is 3.08. The summed E-state index contributed by atoms with van der Waals surface area (Å²) in [6.07, 6.45) is 1.39. The third-order valence-electron chi connectivity index (χ3n) is 4.79. The third kappa shape index (κ3) is 4.96. The summed E-state index contributed by atoms with van der Waals surface area (Å²) in [5, 5.41) is 19.3. The molecule has 1 amide bonds. The number of nitro groups is 1. The van der Waals surface area contributed by atoms with Gasteiger partial charge in [-0.15, -0.1) is 0 Å². The van der Waals surface area contributed by atoms with Gasteiger partial charge in [-0.1, -0.05) is 18.2 Å². The second-order valence-corrected chi connectivity index (χ2v) is 7.11. The van der Waals surface area contributed by atoms with Gasteiger partial charge in [-0.3, -0.25) is 14.9 Å². The lowest BCUT2D eigenvalue weighted by Gasteiger charge is -2.10. The molecule has 34 heavy (non-hydrogen) atoms. The molecule has 0 bridgehead atoms. The Morgan fingerprint density at radius 1 is 1.09 bits per heavy atom. The summed E-state index contributed by atoms with van der Waals surface area (Å²) in [6, 6.07) is 20.0. The highest BCUT2D eigenvalue weighted by atomic mass is 19.1. The van der Waals surface area contributed by atoms with Gasteiger partial charge in [-0.05, 0) is 55.5 Å². The van der Waals surface area contributed by atoms with Crippen molar-refractivity contribution in [1.82, 2.24) is 15.2 Å². The maximum atomic E-state index is 13.3. The van der Waals surface area contributed by atoms with Crippen LogP contribution in [0.25, 0.3) is 5.69 Å². The summed E-state index contributed by atoms with van der Waals surface area (Å²) in [5.74, 6) is -0.220. The van der Waals surface area contributed by atoms with Crippen molar-refractivity contribution >= 4 is 17.8 Å². The van der Waals surface area contributed by atoms with E-state index in [1.165, 1.54) is 54.7 Å². The van der Waals surface area contributed by atoms with Crippen LogP contribution in [0.1, 0.15) is 21.6 Å². The van der Waals surface area contributed by atoms with Crippen LogP contribution in [-0.4, -0.2) is 26.8 Å². The molecule has 4 rings (SSSR count). The van der Waals surface area contributed by atoms with Gasteiger partial charge < -0.3 is 4.74 Å². The summed E-state index contributed by atoms with van der Waals surface area (Å²) >= 11 is 0. The number of amides is 1. The fourth-order valence-electron chi connectivity index (χ4n) is 3.08. The fraction of sp³-hybridized carbons (Fsp3) is 0.0417. The number of benzene rings is 3. The predicted molar refractivity (Wildman–Crippen MR) is 123 cm³/mol. The van der Waals surface area contributed by atoms with Crippen molar-refractivity contribution in [3.8, 4) is 17.3 Å². The number of hydrogen-bond acceptors (Lipinski definition) is 6. The molecule has 0 atom stereocenters. The van der Waals surface area contributed by atoms with Crippen LogP contribution < -0.4 is 10.2 Å². The van der Waals surface area contributed by atoms with E-state index >= 15 is 0 Å². The Hall–Kier alpha value is -4.86. The Balaban J connectivity index is 1.61. The first-order valence-electron chi connectivity index (χ1n) is 10.1. The molecular formula is C24H18FN5O4. The molecule has 9 nitrogen and oxygen atoms in total. The maximum absolute atomic E-state index is 13.3. The molecule has 0 aliphatic heterocycles. The van der Waals surface area contributed by atoms with Gasteiger partial charge in [0.25, 0.3) is 11.6 Å². The monoisotopic (exact) mass is 459 g/mol. The van der Waals surface area contributed by atoms with Crippen LogP contribution in [-0.2, 0) is 0 Å². The molecule has 0 saturated carbocycles. The van der Waals surface area contributed by atoms with Crippen molar-refractivity contribution in [2.24, 2.45) is 5.10 Å². The SMILES string of the molecule is Cc1nn(-c2ccccc2)c(Oc2ccc(F)cc2)c1C=NNC(=O)c1ccc([N+](=O)[O-])cc1. The number of halogens is 1. The molecule has 170 valence electrons. The van der Waals surface area contributed by atoms with Crippen molar-refractivity contribution in [1.29, 1.82) is 0 Å². The number of ether oxygens (including phenoxy) is 1. The zero-order chi connectivity index (χ0) is 24.1. The molecule has 1 heterocycles. The van der Waals surface area contributed by atoms with Crippen molar-refractivity contribution in [2.75, 3.05) is 0 Å². The predicted octanol–water partition coefficient (Wildman–Crippen LogP) is 4.78. The van der Waals surface area contributed by atoms with E-state index < -0.39 is 16.6 Å². The van der Waals surface area contributed by atoms with E-state index in [-0.39, 0.29) is 11.3 Å². The van der Waals surface area contributed by atoms with Crippen LogP contribution >= 0.6 is 0 Å². The van der Waals surface area contributed by atoms with E-state index in [2.05, 4.69) is 15.6 Å². The van der Waals surface area contributed by atoms with Gasteiger partial charge in [0.05, 0.1) is 28.1 Å². The number of para-hydroxylation sites is 1. The van der Waals surface area contributed by atoms with Gasteiger partial charge >= 0.3 is 0 Å². The number of hydrogen-bond donors (Lipinski definition) is 1. The van der Waals surface area contributed by atoms with Crippen molar-refractivity contribution in [2.45, 2.75) is 6.92 Å². The molecule has 0 saturated heterocycles. The quantitative estimate of drug-likeness (QED) is 0.243. The van der Waals surface area contributed by atoms with E-state index in [9.17, 15) is 19.3 Å². The minimum Gasteiger partial charge on any atom is -0.438 e. The lowest BCUT2D eigenvalue weighted by Crippen LogP contribution is -2.17. The van der Waals surface area contributed by atoms with Gasteiger partial charge in [0.2, 0.25) is 5.88 Å². The molecule has 4 aromatic rings. The lowest BCUT2D eigenvalue weighted by molar-refractivity contribution is -0.384. The number of nitro benzene ring substituents is 1. The number of aromatic nitrogens is 2. The molecule has 1 N–H and O–H groups in total.